The third kappa shape index (κ3) is 5.77. The molecule has 4 bridgehead atoms. The fraction of sp³-hybridized carbons (Fsp3) is 0.314. The molecule has 0 aliphatic carbocycles. The van der Waals surface area contributed by atoms with E-state index in [-0.39, 0.29) is 23.7 Å². The Hall–Kier alpha value is -5.54. The highest BCUT2D eigenvalue weighted by atomic mass is 19.1. The van der Waals surface area contributed by atoms with E-state index in [1.165, 1.54) is 17.1 Å². The summed E-state index contributed by atoms with van der Waals surface area (Å²) in [6, 6.07) is 14.3. The Labute approximate surface area is 285 Å². The van der Waals surface area contributed by atoms with Crippen molar-refractivity contribution in [3.63, 3.8) is 0 Å². The molecule has 13 nitrogen and oxygen atoms in total. The number of carbonyl (C=O) groups is 1. The maximum absolute atomic E-state index is 14.8. The molecule has 1 fully saturated rings. The van der Waals surface area contributed by atoms with Gasteiger partial charge in [-0.15, -0.1) is 0 Å². The largest absolute Gasteiger partial charge is 0.382 e. The fourth-order valence-corrected chi connectivity index (χ4v) is 6.98. The molecule has 4 aromatic heterocycles. The maximum atomic E-state index is 14.8. The van der Waals surface area contributed by atoms with E-state index in [0.29, 0.717) is 61.9 Å². The van der Waals surface area contributed by atoms with Crippen molar-refractivity contribution in [2.24, 2.45) is 0 Å². The van der Waals surface area contributed by atoms with Crippen LogP contribution in [0.3, 0.4) is 0 Å². The SMILES string of the molecule is COCCO[C@H]1CN(C)C(=O)[C@@H]2C[C@@H](CN2c2ncnc3c2cnn3-c2ccc(F)cc2F)Nc2cccc(n2)-c2cccc3ncn(c23)C1. The van der Waals surface area contributed by atoms with Gasteiger partial charge in [0.15, 0.2) is 11.5 Å². The van der Waals surface area contributed by atoms with Crippen molar-refractivity contribution in [2.45, 2.75) is 31.2 Å². The second-order valence-electron chi connectivity index (χ2n) is 12.5. The average Bonchev–Trinajstić information content (AvgIpc) is 3.85. The van der Waals surface area contributed by atoms with E-state index in [2.05, 4.69) is 29.9 Å². The van der Waals surface area contributed by atoms with Gasteiger partial charge in [0.25, 0.3) is 0 Å². The minimum atomic E-state index is -0.778. The summed E-state index contributed by atoms with van der Waals surface area (Å²) in [4.78, 5) is 36.8. The Kier molecular flexibility index (Phi) is 8.28. The molecule has 15 heteroatoms. The normalized spacial score (nSPS) is 19.5. The number of benzene rings is 2. The lowest BCUT2D eigenvalue weighted by molar-refractivity contribution is -0.133. The molecule has 2 aromatic carbocycles. The molecule has 256 valence electrons. The first kappa shape index (κ1) is 31.7. The van der Waals surface area contributed by atoms with Gasteiger partial charge >= 0.3 is 0 Å². The average molecular weight is 681 g/mol. The predicted molar refractivity (Wildman–Crippen MR) is 182 cm³/mol. The van der Waals surface area contributed by atoms with Gasteiger partial charge in [-0.2, -0.15) is 5.10 Å². The lowest BCUT2D eigenvalue weighted by atomic mass is 10.1. The minimum absolute atomic E-state index is 0.0445. The second kappa shape index (κ2) is 13.1. The number of pyridine rings is 1. The monoisotopic (exact) mass is 680 g/mol. The van der Waals surface area contributed by atoms with E-state index >= 15 is 0 Å². The van der Waals surface area contributed by atoms with E-state index in [9.17, 15) is 13.6 Å². The number of rotatable bonds is 6. The number of carbonyl (C=O) groups excluding carboxylic acids is 1. The van der Waals surface area contributed by atoms with Crippen molar-refractivity contribution < 1.29 is 23.0 Å². The summed E-state index contributed by atoms with van der Waals surface area (Å²) in [6.07, 6.45) is 4.77. The summed E-state index contributed by atoms with van der Waals surface area (Å²) in [7, 11) is 3.40. The first-order valence-electron chi connectivity index (χ1n) is 16.3. The topological polar surface area (TPSA) is 128 Å². The van der Waals surface area contributed by atoms with Gasteiger partial charge in [0.1, 0.15) is 35.5 Å². The van der Waals surface area contributed by atoms with Gasteiger partial charge in [-0.1, -0.05) is 18.2 Å². The number of para-hydroxylation sites is 1. The molecule has 3 atom stereocenters. The zero-order chi connectivity index (χ0) is 34.4. The number of likely N-dealkylation sites (N-methyl/N-ethyl adjacent to an activating group) is 1. The van der Waals surface area contributed by atoms with Crippen LogP contribution in [0, 0.1) is 11.6 Å². The van der Waals surface area contributed by atoms with Crippen LogP contribution < -0.4 is 10.2 Å². The first-order chi connectivity index (χ1) is 24.4. The standard InChI is InChI=1S/C35H34F2N10O3/c1-44-17-23(50-12-11-49-2)18-45-20-40-28-7-3-5-24(32(28)45)27-6-4-8-31(43-27)42-22-14-30(35(44)48)46(16-22)33-25-15-41-47(34(25)39-19-38-33)29-10-9-21(36)13-26(29)37/h3-10,13,15,19-20,22-23,30H,11-12,14,16-18H2,1-2H3,(H,42,43)/t22-,23-,30-/m0/s1. The highest BCUT2D eigenvalue weighted by molar-refractivity contribution is 5.93. The zero-order valence-corrected chi connectivity index (χ0v) is 27.4. The molecule has 8 rings (SSSR count). The van der Waals surface area contributed by atoms with Gasteiger partial charge < -0.3 is 29.2 Å². The molecule has 2 aliphatic rings. The minimum Gasteiger partial charge on any atom is -0.382 e. The number of ether oxygens (including phenoxy) is 2. The van der Waals surface area contributed by atoms with Crippen LogP contribution in [-0.4, -0.2) is 104 Å². The molecular weight excluding hydrogens is 646 g/mol. The number of amides is 1. The van der Waals surface area contributed by atoms with E-state index in [0.717, 1.165) is 34.4 Å². The number of nitrogens with one attached hydrogen (secondary N) is 1. The molecule has 0 unspecified atom stereocenters. The number of imidazole rings is 1. The van der Waals surface area contributed by atoms with Crippen molar-refractivity contribution in [3.05, 3.63) is 85.1 Å². The van der Waals surface area contributed by atoms with Gasteiger partial charge in [0.2, 0.25) is 5.91 Å². The van der Waals surface area contributed by atoms with E-state index < -0.39 is 17.7 Å². The molecule has 2 aliphatic heterocycles. The molecular formula is C35H34F2N10O3. The summed E-state index contributed by atoms with van der Waals surface area (Å²) in [5.74, 6) is -0.449. The van der Waals surface area contributed by atoms with Crippen LogP contribution >= 0.6 is 0 Å². The highest BCUT2D eigenvalue weighted by Crippen LogP contribution is 2.34. The molecule has 0 saturated carbocycles. The van der Waals surface area contributed by atoms with Crippen molar-refractivity contribution in [2.75, 3.05) is 50.7 Å². The predicted octanol–water partition coefficient (Wildman–Crippen LogP) is 4.07. The Morgan fingerprint density at radius 1 is 1.00 bits per heavy atom. The van der Waals surface area contributed by atoms with Gasteiger partial charge in [0, 0.05) is 44.9 Å². The van der Waals surface area contributed by atoms with Crippen LogP contribution in [0.4, 0.5) is 20.4 Å². The van der Waals surface area contributed by atoms with Crippen LogP contribution in [0.25, 0.3) is 39.0 Å². The summed E-state index contributed by atoms with van der Waals surface area (Å²) in [5, 5.41) is 8.48. The number of hydrogen-bond acceptors (Lipinski definition) is 10. The second-order valence-corrected chi connectivity index (χ2v) is 12.5. The Bertz CT molecular complexity index is 2210. The molecule has 50 heavy (non-hydrogen) atoms. The first-order valence-corrected chi connectivity index (χ1v) is 16.3. The number of fused-ring (bicyclic) bond motifs is 6. The smallest absolute Gasteiger partial charge is 0.245 e. The Balaban J connectivity index is 1.20. The third-order valence-electron chi connectivity index (χ3n) is 9.25. The number of methoxy groups -OCH3 is 1. The number of anilines is 2. The lowest BCUT2D eigenvalue weighted by Crippen LogP contribution is -2.47. The Morgan fingerprint density at radius 3 is 2.74 bits per heavy atom. The van der Waals surface area contributed by atoms with Crippen LogP contribution in [0.15, 0.2) is 73.4 Å². The maximum Gasteiger partial charge on any atom is 0.245 e. The van der Waals surface area contributed by atoms with Crippen molar-refractivity contribution in [1.82, 2.24) is 39.2 Å². The highest BCUT2D eigenvalue weighted by Gasteiger charge is 2.41. The zero-order valence-electron chi connectivity index (χ0n) is 27.4. The molecule has 1 N–H and O–H groups in total. The van der Waals surface area contributed by atoms with Crippen molar-refractivity contribution in [3.8, 4) is 16.9 Å². The molecule has 6 aromatic rings. The van der Waals surface area contributed by atoms with Crippen molar-refractivity contribution in [1.29, 1.82) is 0 Å². The Morgan fingerprint density at radius 2 is 1.88 bits per heavy atom. The van der Waals surface area contributed by atoms with E-state index in [1.807, 2.05) is 41.3 Å². The summed E-state index contributed by atoms with van der Waals surface area (Å²) in [6.45, 7) is 1.92. The summed E-state index contributed by atoms with van der Waals surface area (Å²) in [5.41, 5.74) is 3.85. The quantitative estimate of drug-likeness (QED) is 0.257. The lowest BCUT2D eigenvalue weighted by Gasteiger charge is -2.31. The van der Waals surface area contributed by atoms with E-state index in [4.69, 9.17) is 14.5 Å². The van der Waals surface area contributed by atoms with Crippen LogP contribution in [0.2, 0.25) is 0 Å². The molecule has 0 spiro atoms. The third-order valence-corrected chi connectivity index (χ3v) is 9.25. The van der Waals surface area contributed by atoms with Gasteiger partial charge in [0.05, 0.1) is 60.5 Å². The number of halogens is 2. The molecule has 1 saturated heterocycles. The van der Waals surface area contributed by atoms with Crippen LogP contribution in [0.1, 0.15) is 6.42 Å². The number of hydrogen-bond donors (Lipinski definition) is 1. The summed E-state index contributed by atoms with van der Waals surface area (Å²) >= 11 is 0. The van der Waals surface area contributed by atoms with Gasteiger partial charge in [-0.3, -0.25) is 4.79 Å². The van der Waals surface area contributed by atoms with Crippen molar-refractivity contribution >= 4 is 39.6 Å². The van der Waals surface area contributed by atoms with E-state index in [1.54, 1.807) is 31.6 Å². The van der Waals surface area contributed by atoms with Crippen LogP contribution in [-0.2, 0) is 20.8 Å². The molecule has 6 heterocycles. The fourth-order valence-electron chi connectivity index (χ4n) is 6.98. The van der Waals surface area contributed by atoms with Gasteiger partial charge in [-0.05, 0) is 36.8 Å². The molecule has 0 radical (unpaired) electrons. The summed E-state index contributed by atoms with van der Waals surface area (Å²) < 4.78 is 43.5. The number of aromatic nitrogens is 7. The van der Waals surface area contributed by atoms with Crippen LogP contribution in [0.5, 0.6) is 0 Å². The number of nitrogens with zero attached hydrogens (tertiary/aromatic N) is 9. The van der Waals surface area contributed by atoms with Gasteiger partial charge in [-0.25, -0.2) is 33.4 Å². The molecule has 1 amide bonds.